The second-order valence-electron chi connectivity index (χ2n) is 8.50. The highest BCUT2D eigenvalue weighted by Gasteiger charge is 2.45. The summed E-state index contributed by atoms with van der Waals surface area (Å²) in [6.45, 7) is 5.66. The first kappa shape index (κ1) is 20.5. The predicted molar refractivity (Wildman–Crippen MR) is 104 cm³/mol. The van der Waals surface area contributed by atoms with Gasteiger partial charge in [0.15, 0.2) is 0 Å². The largest absolute Gasteiger partial charge is 0.490 e. The van der Waals surface area contributed by atoms with Gasteiger partial charge in [-0.2, -0.15) is 0 Å². The van der Waals surface area contributed by atoms with E-state index in [1.54, 1.807) is 25.2 Å². The summed E-state index contributed by atoms with van der Waals surface area (Å²) < 4.78 is 11.8. The van der Waals surface area contributed by atoms with Crippen molar-refractivity contribution in [1.82, 2.24) is 9.96 Å². The number of hydroxylamine groups is 2. The van der Waals surface area contributed by atoms with Crippen LogP contribution >= 0.6 is 0 Å². The van der Waals surface area contributed by atoms with Crippen LogP contribution in [0.4, 0.5) is 4.79 Å². The van der Waals surface area contributed by atoms with Gasteiger partial charge in [0.2, 0.25) is 0 Å². The molecule has 0 spiro atoms. The Morgan fingerprint density at radius 3 is 2.36 bits per heavy atom. The molecule has 2 aliphatic rings. The van der Waals surface area contributed by atoms with Crippen LogP contribution in [-0.2, 0) is 9.57 Å². The summed E-state index contributed by atoms with van der Waals surface area (Å²) in [5, 5.41) is 1.18. The zero-order valence-corrected chi connectivity index (χ0v) is 17.3. The molecule has 2 fully saturated rings. The maximum absolute atomic E-state index is 12.6. The van der Waals surface area contributed by atoms with Crippen molar-refractivity contribution >= 4 is 12.0 Å². The van der Waals surface area contributed by atoms with E-state index in [9.17, 15) is 9.59 Å². The van der Waals surface area contributed by atoms with E-state index in [1.807, 2.05) is 31.7 Å². The molecule has 0 aliphatic carbocycles. The molecule has 154 valence electrons. The molecule has 0 radical (unpaired) electrons. The molecule has 3 atom stereocenters. The van der Waals surface area contributed by atoms with Crippen molar-refractivity contribution in [3.63, 3.8) is 0 Å². The van der Waals surface area contributed by atoms with Gasteiger partial charge in [-0.05, 0) is 51.8 Å². The van der Waals surface area contributed by atoms with Crippen LogP contribution in [0.5, 0.6) is 5.75 Å². The molecule has 0 saturated carbocycles. The van der Waals surface area contributed by atoms with Crippen LogP contribution in [0.25, 0.3) is 0 Å². The third kappa shape index (κ3) is 4.58. The standard InChI is InChI=1S/C21H30N2O5/c1-21(2,3)28-20(25)23-15-9-10-16(23)13-18(12-15)27-17-8-6-7-14(11-17)19(24)22(4)26-5/h6-8,11,15-16,18H,9-10,12-13H2,1-5H3/t15-,16+,18?. The summed E-state index contributed by atoms with van der Waals surface area (Å²) >= 11 is 0. The summed E-state index contributed by atoms with van der Waals surface area (Å²) in [5.74, 6) is 0.429. The molecular formula is C21H30N2O5. The molecule has 7 nitrogen and oxygen atoms in total. The predicted octanol–water partition coefficient (Wildman–Crippen LogP) is 3.63. The fourth-order valence-corrected chi connectivity index (χ4v) is 4.00. The van der Waals surface area contributed by atoms with Crippen LogP contribution < -0.4 is 4.74 Å². The van der Waals surface area contributed by atoms with Crippen LogP contribution in [0.2, 0.25) is 0 Å². The molecule has 1 aromatic rings. The highest BCUT2D eigenvalue weighted by atomic mass is 16.7. The summed E-state index contributed by atoms with van der Waals surface area (Å²) in [6.07, 6.45) is 3.27. The van der Waals surface area contributed by atoms with Crippen LogP contribution in [0, 0.1) is 0 Å². The summed E-state index contributed by atoms with van der Waals surface area (Å²) in [6, 6.07) is 7.41. The van der Waals surface area contributed by atoms with E-state index in [0.717, 1.165) is 25.7 Å². The second kappa shape index (κ2) is 7.99. The number of amides is 2. The number of carbonyl (C=O) groups excluding carboxylic acids is 2. The molecule has 3 rings (SSSR count). The lowest BCUT2D eigenvalue weighted by Gasteiger charge is -2.39. The number of benzene rings is 1. The van der Waals surface area contributed by atoms with Gasteiger partial charge in [-0.15, -0.1) is 0 Å². The first-order valence-electron chi connectivity index (χ1n) is 9.78. The number of nitrogens with zero attached hydrogens (tertiary/aromatic N) is 2. The highest BCUT2D eigenvalue weighted by Crippen LogP contribution is 2.38. The van der Waals surface area contributed by atoms with Gasteiger partial charge < -0.3 is 14.4 Å². The Bertz CT molecular complexity index is 716. The Hall–Kier alpha value is -2.28. The molecule has 7 heteroatoms. The molecule has 28 heavy (non-hydrogen) atoms. The van der Waals surface area contributed by atoms with Crippen LogP contribution in [-0.4, -0.2) is 59.9 Å². The fourth-order valence-electron chi connectivity index (χ4n) is 4.00. The van der Waals surface area contributed by atoms with Gasteiger partial charge >= 0.3 is 6.09 Å². The Kier molecular flexibility index (Phi) is 5.84. The van der Waals surface area contributed by atoms with E-state index in [1.165, 1.54) is 12.2 Å². The van der Waals surface area contributed by atoms with Gasteiger partial charge in [0.05, 0.1) is 7.11 Å². The van der Waals surface area contributed by atoms with Gasteiger partial charge in [-0.1, -0.05) is 6.07 Å². The third-order valence-electron chi connectivity index (χ3n) is 5.24. The molecule has 2 saturated heterocycles. The number of piperidine rings is 1. The van der Waals surface area contributed by atoms with Crippen molar-refractivity contribution in [2.24, 2.45) is 0 Å². The zero-order chi connectivity index (χ0) is 20.5. The number of hydrogen-bond donors (Lipinski definition) is 0. The smallest absolute Gasteiger partial charge is 0.410 e. The highest BCUT2D eigenvalue weighted by molar-refractivity contribution is 5.93. The van der Waals surface area contributed by atoms with Gasteiger partial charge in [0, 0.05) is 37.5 Å². The normalized spacial score (nSPS) is 24.0. The molecule has 0 N–H and O–H groups in total. The lowest BCUT2D eigenvalue weighted by molar-refractivity contribution is -0.0757. The Morgan fingerprint density at radius 1 is 1.14 bits per heavy atom. The van der Waals surface area contributed by atoms with E-state index in [0.29, 0.717) is 11.3 Å². The average Bonchev–Trinajstić information content (AvgIpc) is 2.90. The second-order valence-corrected chi connectivity index (χ2v) is 8.50. The van der Waals surface area contributed by atoms with Crippen molar-refractivity contribution in [2.75, 3.05) is 14.2 Å². The van der Waals surface area contributed by atoms with Crippen molar-refractivity contribution in [1.29, 1.82) is 0 Å². The lowest BCUT2D eigenvalue weighted by atomic mass is 10.00. The van der Waals surface area contributed by atoms with Gasteiger partial charge in [0.25, 0.3) is 5.91 Å². The van der Waals surface area contributed by atoms with Crippen molar-refractivity contribution in [3.05, 3.63) is 29.8 Å². The molecule has 0 aromatic heterocycles. The number of fused-ring (bicyclic) bond motifs is 2. The zero-order valence-electron chi connectivity index (χ0n) is 17.3. The average molecular weight is 390 g/mol. The molecule has 2 aliphatic heterocycles. The maximum Gasteiger partial charge on any atom is 0.410 e. The third-order valence-corrected chi connectivity index (χ3v) is 5.24. The Morgan fingerprint density at radius 2 is 1.79 bits per heavy atom. The van der Waals surface area contributed by atoms with Gasteiger partial charge in [0.1, 0.15) is 17.5 Å². The molecule has 2 heterocycles. The first-order chi connectivity index (χ1) is 13.2. The van der Waals surface area contributed by atoms with Crippen molar-refractivity contribution < 1.29 is 23.9 Å². The van der Waals surface area contributed by atoms with Crippen LogP contribution in [0.3, 0.4) is 0 Å². The summed E-state index contributed by atoms with van der Waals surface area (Å²) in [7, 11) is 3.02. The number of rotatable bonds is 4. The first-order valence-corrected chi connectivity index (χ1v) is 9.78. The monoisotopic (exact) mass is 390 g/mol. The van der Waals surface area contributed by atoms with Crippen molar-refractivity contribution in [3.8, 4) is 5.75 Å². The molecule has 1 unspecified atom stereocenters. The van der Waals surface area contributed by atoms with E-state index >= 15 is 0 Å². The lowest BCUT2D eigenvalue weighted by Crippen LogP contribution is -2.50. The minimum Gasteiger partial charge on any atom is -0.490 e. The summed E-state index contributed by atoms with van der Waals surface area (Å²) in [4.78, 5) is 31.7. The Balaban J connectivity index is 1.64. The van der Waals surface area contributed by atoms with Gasteiger partial charge in [-0.3, -0.25) is 9.63 Å². The van der Waals surface area contributed by atoms with Gasteiger partial charge in [-0.25, -0.2) is 9.86 Å². The number of ether oxygens (including phenoxy) is 2. The number of hydrogen-bond acceptors (Lipinski definition) is 5. The topological polar surface area (TPSA) is 68.3 Å². The van der Waals surface area contributed by atoms with Crippen LogP contribution in [0.1, 0.15) is 56.8 Å². The SMILES string of the molecule is CON(C)C(=O)c1cccc(OC2C[C@H]3CC[C@@H](C2)N3C(=O)OC(C)(C)C)c1. The Labute approximate surface area is 166 Å². The molecule has 1 aromatic carbocycles. The van der Waals surface area contributed by atoms with E-state index in [-0.39, 0.29) is 30.2 Å². The van der Waals surface area contributed by atoms with Crippen LogP contribution in [0.15, 0.2) is 24.3 Å². The summed E-state index contributed by atoms with van der Waals surface area (Å²) in [5.41, 5.74) is 0.0164. The maximum atomic E-state index is 12.6. The molecular weight excluding hydrogens is 360 g/mol. The quantitative estimate of drug-likeness (QED) is 0.735. The van der Waals surface area contributed by atoms with E-state index in [2.05, 4.69) is 0 Å². The molecule has 2 bridgehead atoms. The number of carbonyl (C=O) groups is 2. The molecule has 2 amide bonds. The minimum absolute atomic E-state index is 0.0155. The van der Waals surface area contributed by atoms with E-state index < -0.39 is 5.60 Å². The van der Waals surface area contributed by atoms with E-state index in [4.69, 9.17) is 14.3 Å². The van der Waals surface area contributed by atoms with Crippen molar-refractivity contribution in [2.45, 2.75) is 70.2 Å². The minimum atomic E-state index is -0.494. The fraction of sp³-hybridized carbons (Fsp3) is 0.619.